The lowest BCUT2D eigenvalue weighted by Crippen LogP contribution is -2.27. The summed E-state index contributed by atoms with van der Waals surface area (Å²) in [4.78, 5) is 0.253. The molecule has 112 valence electrons. The van der Waals surface area contributed by atoms with Crippen LogP contribution < -0.4 is 4.31 Å². The van der Waals surface area contributed by atoms with Gasteiger partial charge in [0.15, 0.2) is 0 Å². The molecular formula is C16H19NO3S. The molecular weight excluding hydrogens is 286 g/mol. The van der Waals surface area contributed by atoms with E-state index in [2.05, 4.69) is 0 Å². The lowest BCUT2D eigenvalue weighted by molar-refractivity contribution is 0.281. The summed E-state index contributed by atoms with van der Waals surface area (Å²) >= 11 is 0. The van der Waals surface area contributed by atoms with Crippen molar-refractivity contribution in [2.24, 2.45) is 0 Å². The third-order valence-electron chi connectivity index (χ3n) is 3.45. The molecule has 4 nitrogen and oxygen atoms in total. The second kappa shape index (κ2) is 6.28. The summed E-state index contributed by atoms with van der Waals surface area (Å²) in [6.07, 6.45) is 0.614. The molecule has 5 heteroatoms. The van der Waals surface area contributed by atoms with E-state index in [1.807, 2.05) is 13.0 Å². The van der Waals surface area contributed by atoms with E-state index in [0.29, 0.717) is 17.7 Å². The van der Waals surface area contributed by atoms with Crippen molar-refractivity contribution in [3.8, 4) is 0 Å². The van der Waals surface area contributed by atoms with Crippen molar-refractivity contribution in [2.75, 3.05) is 11.4 Å². The van der Waals surface area contributed by atoms with Crippen LogP contribution in [-0.4, -0.2) is 20.6 Å². The van der Waals surface area contributed by atoms with Crippen molar-refractivity contribution < 1.29 is 13.5 Å². The van der Waals surface area contributed by atoms with E-state index < -0.39 is 10.0 Å². The van der Waals surface area contributed by atoms with Gasteiger partial charge in [-0.25, -0.2) is 8.42 Å². The fourth-order valence-electron chi connectivity index (χ4n) is 2.15. The smallest absolute Gasteiger partial charge is 0.264 e. The highest BCUT2D eigenvalue weighted by molar-refractivity contribution is 7.92. The zero-order valence-electron chi connectivity index (χ0n) is 12.2. The number of rotatable bonds is 5. The van der Waals surface area contributed by atoms with Crippen LogP contribution in [0.2, 0.25) is 0 Å². The van der Waals surface area contributed by atoms with Gasteiger partial charge in [0.05, 0.1) is 17.2 Å². The fourth-order valence-corrected chi connectivity index (χ4v) is 3.69. The minimum absolute atomic E-state index is 0.179. The van der Waals surface area contributed by atoms with Crippen LogP contribution >= 0.6 is 0 Å². The molecule has 0 heterocycles. The van der Waals surface area contributed by atoms with Crippen LogP contribution in [0.5, 0.6) is 0 Å². The molecule has 2 rings (SSSR count). The molecule has 0 saturated heterocycles. The van der Waals surface area contributed by atoms with Gasteiger partial charge < -0.3 is 5.11 Å². The van der Waals surface area contributed by atoms with Gasteiger partial charge in [-0.3, -0.25) is 4.31 Å². The zero-order chi connectivity index (χ0) is 15.5. The van der Waals surface area contributed by atoms with Crippen LogP contribution in [0.3, 0.4) is 0 Å². The summed E-state index contributed by atoms with van der Waals surface area (Å²) in [7, 11) is -2.11. The van der Waals surface area contributed by atoms with Crippen LogP contribution in [0.15, 0.2) is 53.4 Å². The Balaban J connectivity index is 2.53. The Morgan fingerprint density at radius 1 is 1.10 bits per heavy atom. The third kappa shape index (κ3) is 3.09. The molecule has 0 aliphatic heterocycles. The maximum absolute atomic E-state index is 12.8. The van der Waals surface area contributed by atoms with E-state index >= 15 is 0 Å². The average Bonchev–Trinajstić information content (AvgIpc) is 2.54. The number of aliphatic hydroxyl groups is 1. The van der Waals surface area contributed by atoms with Gasteiger partial charge in [-0.15, -0.1) is 0 Å². The highest BCUT2D eigenvalue weighted by Gasteiger charge is 2.24. The fraction of sp³-hybridized carbons (Fsp3) is 0.250. The molecule has 0 amide bonds. The molecule has 1 N–H and O–H groups in total. The van der Waals surface area contributed by atoms with Crippen molar-refractivity contribution >= 4 is 15.7 Å². The van der Waals surface area contributed by atoms with E-state index in [4.69, 9.17) is 0 Å². The number of nitrogens with zero attached hydrogens (tertiary/aromatic N) is 1. The first kappa shape index (κ1) is 15.5. The largest absolute Gasteiger partial charge is 0.392 e. The number of benzene rings is 2. The lowest BCUT2D eigenvalue weighted by atomic mass is 10.1. The predicted octanol–water partition coefficient (Wildman–Crippen LogP) is 2.57. The standard InChI is InChI=1S/C16H19NO3S/c1-3-14-10-9-13(12-18)11-16(14)21(19,20)17(2)15-7-5-4-6-8-15/h4-11,18H,3,12H2,1-2H3. The topological polar surface area (TPSA) is 57.6 Å². The van der Waals surface area contributed by atoms with Gasteiger partial charge in [-0.2, -0.15) is 0 Å². The van der Waals surface area contributed by atoms with Crippen molar-refractivity contribution in [3.05, 3.63) is 59.7 Å². The molecule has 0 atom stereocenters. The Hall–Kier alpha value is -1.85. The van der Waals surface area contributed by atoms with Crippen LogP contribution in [0.25, 0.3) is 0 Å². The molecule has 0 fully saturated rings. The van der Waals surface area contributed by atoms with E-state index in [1.165, 1.54) is 11.4 Å². The van der Waals surface area contributed by atoms with E-state index in [1.54, 1.807) is 42.5 Å². The molecule has 0 unspecified atom stereocenters. The summed E-state index contributed by atoms with van der Waals surface area (Å²) in [5.41, 5.74) is 1.94. The SMILES string of the molecule is CCc1ccc(CO)cc1S(=O)(=O)N(C)c1ccccc1. The molecule has 0 aliphatic rings. The quantitative estimate of drug-likeness (QED) is 0.923. The number of aryl methyl sites for hydroxylation is 1. The number of sulfonamides is 1. The van der Waals surface area contributed by atoms with Crippen molar-refractivity contribution in [1.82, 2.24) is 0 Å². The Bertz CT molecular complexity index is 712. The zero-order valence-corrected chi connectivity index (χ0v) is 13.0. The molecule has 21 heavy (non-hydrogen) atoms. The van der Waals surface area contributed by atoms with Gasteiger partial charge >= 0.3 is 0 Å². The Morgan fingerprint density at radius 3 is 2.33 bits per heavy atom. The minimum atomic E-state index is -3.65. The highest BCUT2D eigenvalue weighted by Crippen LogP contribution is 2.25. The molecule has 0 aromatic heterocycles. The van der Waals surface area contributed by atoms with Crippen LogP contribution in [0.4, 0.5) is 5.69 Å². The van der Waals surface area contributed by atoms with Gasteiger partial charge in [0.1, 0.15) is 0 Å². The number of hydrogen-bond acceptors (Lipinski definition) is 3. The second-order valence-electron chi connectivity index (χ2n) is 4.76. The molecule has 2 aromatic rings. The summed E-state index contributed by atoms with van der Waals surface area (Å²) in [6.45, 7) is 1.73. The van der Waals surface area contributed by atoms with E-state index in [9.17, 15) is 13.5 Å². The Morgan fingerprint density at radius 2 is 1.76 bits per heavy atom. The van der Waals surface area contributed by atoms with Gasteiger partial charge in [0.2, 0.25) is 0 Å². The number of anilines is 1. The maximum atomic E-state index is 12.8. The normalized spacial score (nSPS) is 11.4. The molecule has 2 aromatic carbocycles. The maximum Gasteiger partial charge on any atom is 0.264 e. The van der Waals surface area contributed by atoms with Gasteiger partial charge in [-0.05, 0) is 35.7 Å². The van der Waals surface area contributed by atoms with Crippen LogP contribution in [0, 0.1) is 0 Å². The molecule has 0 radical (unpaired) electrons. The van der Waals surface area contributed by atoms with Crippen LogP contribution in [-0.2, 0) is 23.1 Å². The Labute approximate surface area is 125 Å². The number of aliphatic hydroxyl groups excluding tert-OH is 1. The second-order valence-corrected chi connectivity index (χ2v) is 6.70. The first-order valence-corrected chi connectivity index (χ1v) is 8.21. The summed E-state index contributed by atoms with van der Waals surface area (Å²) in [5, 5.41) is 9.24. The number of para-hydroxylation sites is 1. The predicted molar refractivity (Wildman–Crippen MR) is 83.8 cm³/mol. The average molecular weight is 305 g/mol. The molecule has 0 bridgehead atoms. The first-order chi connectivity index (χ1) is 10.0. The van der Waals surface area contributed by atoms with Gasteiger partial charge in [0.25, 0.3) is 10.0 Å². The van der Waals surface area contributed by atoms with Gasteiger partial charge in [0, 0.05) is 7.05 Å². The van der Waals surface area contributed by atoms with E-state index in [-0.39, 0.29) is 11.5 Å². The van der Waals surface area contributed by atoms with E-state index in [0.717, 1.165) is 5.56 Å². The lowest BCUT2D eigenvalue weighted by Gasteiger charge is -2.21. The van der Waals surface area contributed by atoms with Crippen molar-refractivity contribution in [3.63, 3.8) is 0 Å². The third-order valence-corrected chi connectivity index (χ3v) is 5.32. The van der Waals surface area contributed by atoms with Gasteiger partial charge in [-0.1, -0.05) is 37.3 Å². The summed E-state index contributed by atoms with van der Waals surface area (Å²) in [6, 6.07) is 14.0. The summed E-state index contributed by atoms with van der Waals surface area (Å²) < 4.78 is 26.9. The highest BCUT2D eigenvalue weighted by atomic mass is 32.2. The number of hydrogen-bond donors (Lipinski definition) is 1. The minimum Gasteiger partial charge on any atom is -0.392 e. The van der Waals surface area contributed by atoms with Crippen LogP contribution in [0.1, 0.15) is 18.1 Å². The Kier molecular flexibility index (Phi) is 4.65. The first-order valence-electron chi connectivity index (χ1n) is 6.77. The summed E-state index contributed by atoms with van der Waals surface area (Å²) in [5.74, 6) is 0. The molecule has 0 saturated carbocycles. The van der Waals surface area contributed by atoms with Crippen molar-refractivity contribution in [2.45, 2.75) is 24.8 Å². The monoisotopic (exact) mass is 305 g/mol. The van der Waals surface area contributed by atoms with Crippen molar-refractivity contribution in [1.29, 1.82) is 0 Å². The molecule has 0 spiro atoms. The molecule has 0 aliphatic carbocycles.